The molecule has 0 saturated carbocycles. The van der Waals surface area contributed by atoms with Gasteiger partial charge in [0.2, 0.25) is 0 Å². The molecule has 0 aromatic carbocycles. The van der Waals surface area contributed by atoms with Crippen molar-refractivity contribution >= 4 is 5.97 Å². The number of esters is 1. The van der Waals surface area contributed by atoms with Crippen molar-refractivity contribution in [2.75, 3.05) is 0 Å². The second-order valence-electron chi connectivity index (χ2n) is 2.13. The number of hydrogen-bond donors (Lipinski definition) is 1. The lowest BCUT2D eigenvalue weighted by Gasteiger charge is -2.08. The van der Waals surface area contributed by atoms with Gasteiger partial charge in [0.25, 0.3) is 0 Å². The second kappa shape index (κ2) is 3.91. The van der Waals surface area contributed by atoms with Crippen LogP contribution in [0.5, 0.6) is 0 Å². The predicted octanol–water partition coefficient (Wildman–Crippen LogP) is -0.102. The summed E-state index contributed by atoms with van der Waals surface area (Å²) in [6.45, 7) is 3.47. The van der Waals surface area contributed by atoms with Gasteiger partial charge in [0.1, 0.15) is 0 Å². The molecule has 0 unspecified atom stereocenters. The number of ether oxygens (including phenoxy) is 1. The lowest BCUT2D eigenvalue weighted by atomic mass is 10.3. The van der Waals surface area contributed by atoms with Crippen molar-refractivity contribution < 1.29 is 9.53 Å². The summed E-state index contributed by atoms with van der Waals surface area (Å²) in [5.41, 5.74) is 5.15. The summed E-state index contributed by atoms with van der Waals surface area (Å²) >= 11 is 0. The van der Waals surface area contributed by atoms with Gasteiger partial charge in [-0.15, -0.1) is 6.42 Å². The van der Waals surface area contributed by atoms with Crippen molar-refractivity contribution in [3.05, 3.63) is 0 Å². The Morgan fingerprint density at radius 1 is 1.70 bits per heavy atom. The maximum atomic E-state index is 10.7. The molecule has 0 aliphatic rings. The number of nitrogens with two attached hydrogens (primary N) is 1. The van der Waals surface area contributed by atoms with E-state index < -0.39 is 12.0 Å². The second-order valence-corrected chi connectivity index (χ2v) is 2.13. The Morgan fingerprint density at radius 3 is 2.50 bits per heavy atom. The standard InChI is InChI=1S/C7H11NO2/c1-4-6(8)7(9)10-5(2)3/h1,5-6H,8H2,2-3H3/t6-/m0/s1. The third-order valence-corrected chi connectivity index (χ3v) is 0.785. The minimum Gasteiger partial charge on any atom is -0.461 e. The van der Waals surface area contributed by atoms with Crippen LogP contribution in [0.25, 0.3) is 0 Å². The molecular weight excluding hydrogens is 130 g/mol. The fourth-order valence-corrected chi connectivity index (χ4v) is 0.374. The van der Waals surface area contributed by atoms with Crippen molar-refractivity contribution in [2.24, 2.45) is 5.73 Å². The average molecular weight is 141 g/mol. The molecule has 0 aromatic rings. The van der Waals surface area contributed by atoms with Gasteiger partial charge in [0.15, 0.2) is 6.04 Å². The molecule has 56 valence electrons. The Hall–Kier alpha value is -1.01. The van der Waals surface area contributed by atoms with Gasteiger partial charge in [0, 0.05) is 0 Å². The van der Waals surface area contributed by atoms with Crippen molar-refractivity contribution in [3.8, 4) is 12.3 Å². The van der Waals surface area contributed by atoms with Gasteiger partial charge < -0.3 is 10.5 Å². The van der Waals surface area contributed by atoms with Crippen LogP contribution in [0.3, 0.4) is 0 Å². The highest BCUT2D eigenvalue weighted by Gasteiger charge is 2.12. The molecule has 0 bridgehead atoms. The van der Waals surface area contributed by atoms with E-state index in [1.165, 1.54) is 0 Å². The fourth-order valence-electron chi connectivity index (χ4n) is 0.374. The van der Waals surface area contributed by atoms with Gasteiger partial charge in [0.05, 0.1) is 6.10 Å². The first kappa shape index (κ1) is 8.99. The van der Waals surface area contributed by atoms with Crippen LogP contribution in [-0.2, 0) is 9.53 Å². The van der Waals surface area contributed by atoms with E-state index in [0.29, 0.717) is 0 Å². The predicted molar refractivity (Wildman–Crippen MR) is 38.0 cm³/mol. The molecule has 0 radical (unpaired) electrons. The SMILES string of the molecule is C#C[C@H](N)C(=O)OC(C)C. The smallest absolute Gasteiger partial charge is 0.335 e. The van der Waals surface area contributed by atoms with Gasteiger partial charge in [-0.2, -0.15) is 0 Å². The molecule has 10 heavy (non-hydrogen) atoms. The summed E-state index contributed by atoms with van der Waals surface area (Å²) < 4.78 is 4.70. The molecule has 0 aromatic heterocycles. The quantitative estimate of drug-likeness (QED) is 0.431. The molecule has 0 rings (SSSR count). The summed E-state index contributed by atoms with van der Waals surface area (Å²) in [5, 5.41) is 0. The van der Waals surface area contributed by atoms with Crippen molar-refractivity contribution in [2.45, 2.75) is 26.0 Å². The van der Waals surface area contributed by atoms with E-state index in [9.17, 15) is 4.79 Å². The van der Waals surface area contributed by atoms with Crippen LogP contribution in [-0.4, -0.2) is 18.1 Å². The van der Waals surface area contributed by atoms with Crippen molar-refractivity contribution in [3.63, 3.8) is 0 Å². The Bertz CT molecular complexity index is 157. The molecule has 0 amide bonds. The topological polar surface area (TPSA) is 52.3 Å². The average Bonchev–Trinajstić information content (AvgIpc) is 1.85. The normalized spacial score (nSPS) is 12.3. The Morgan fingerprint density at radius 2 is 2.20 bits per heavy atom. The first-order valence-corrected chi connectivity index (χ1v) is 3.00. The van der Waals surface area contributed by atoms with Crippen LogP contribution in [0, 0.1) is 12.3 Å². The number of hydrogen-bond acceptors (Lipinski definition) is 3. The van der Waals surface area contributed by atoms with E-state index in [2.05, 4.69) is 5.92 Å². The zero-order valence-corrected chi connectivity index (χ0v) is 6.13. The summed E-state index contributed by atoms with van der Waals surface area (Å²) in [5.74, 6) is 1.53. The molecule has 0 aliphatic carbocycles. The molecule has 0 fully saturated rings. The summed E-state index contributed by atoms with van der Waals surface area (Å²) in [4.78, 5) is 10.7. The van der Waals surface area contributed by atoms with E-state index >= 15 is 0 Å². The van der Waals surface area contributed by atoms with Crippen LogP contribution >= 0.6 is 0 Å². The maximum absolute atomic E-state index is 10.7. The zero-order valence-electron chi connectivity index (χ0n) is 6.13. The monoisotopic (exact) mass is 141 g/mol. The minimum atomic E-state index is -0.928. The third-order valence-electron chi connectivity index (χ3n) is 0.785. The first-order valence-electron chi connectivity index (χ1n) is 3.00. The largest absolute Gasteiger partial charge is 0.461 e. The van der Waals surface area contributed by atoms with Gasteiger partial charge >= 0.3 is 5.97 Å². The highest BCUT2D eigenvalue weighted by molar-refractivity contribution is 5.79. The van der Waals surface area contributed by atoms with E-state index in [4.69, 9.17) is 16.9 Å². The Labute approximate surface area is 60.5 Å². The zero-order chi connectivity index (χ0) is 8.15. The Balaban J connectivity index is 3.76. The van der Waals surface area contributed by atoms with Gasteiger partial charge in [-0.3, -0.25) is 0 Å². The number of carbonyl (C=O) groups excluding carboxylic acids is 1. The molecular formula is C7H11NO2. The molecule has 1 atom stereocenters. The number of terminal acetylenes is 1. The van der Waals surface area contributed by atoms with Gasteiger partial charge in [-0.05, 0) is 13.8 Å². The highest BCUT2D eigenvalue weighted by Crippen LogP contribution is 1.90. The molecule has 0 saturated heterocycles. The minimum absolute atomic E-state index is 0.160. The van der Waals surface area contributed by atoms with Crippen molar-refractivity contribution in [1.29, 1.82) is 0 Å². The van der Waals surface area contributed by atoms with Crippen molar-refractivity contribution in [1.82, 2.24) is 0 Å². The van der Waals surface area contributed by atoms with Gasteiger partial charge in [-0.1, -0.05) is 5.92 Å². The first-order chi connectivity index (χ1) is 4.57. The fraction of sp³-hybridized carbons (Fsp3) is 0.571. The molecule has 0 aliphatic heterocycles. The van der Waals surface area contributed by atoms with Crippen LogP contribution in [0.1, 0.15) is 13.8 Å². The number of rotatable bonds is 2. The van der Waals surface area contributed by atoms with Gasteiger partial charge in [-0.25, -0.2) is 4.79 Å². The van der Waals surface area contributed by atoms with Crippen LogP contribution in [0.2, 0.25) is 0 Å². The molecule has 0 spiro atoms. The molecule has 3 heteroatoms. The molecule has 3 nitrogen and oxygen atoms in total. The molecule has 0 heterocycles. The third kappa shape index (κ3) is 3.10. The van der Waals surface area contributed by atoms with Crippen LogP contribution < -0.4 is 5.73 Å². The Kier molecular flexibility index (Phi) is 3.52. The van der Waals surface area contributed by atoms with E-state index in [0.717, 1.165) is 0 Å². The highest BCUT2D eigenvalue weighted by atomic mass is 16.5. The summed E-state index contributed by atoms with van der Waals surface area (Å²) in [6, 6.07) is -0.928. The van der Waals surface area contributed by atoms with E-state index in [-0.39, 0.29) is 6.10 Å². The lowest BCUT2D eigenvalue weighted by molar-refractivity contribution is -0.147. The summed E-state index contributed by atoms with van der Waals surface area (Å²) in [7, 11) is 0. The van der Waals surface area contributed by atoms with E-state index in [1.54, 1.807) is 13.8 Å². The number of carbonyl (C=O) groups is 1. The summed E-state index contributed by atoms with van der Waals surface area (Å²) in [6.07, 6.45) is 4.71. The van der Waals surface area contributed by atoms with Crippen LogP contribution in [0.15, 0.2) is 0 Å². The van der Waals surface area contributed by atoms with Crippen LogP contribution in [0.4, 0.5) is 0 Å². The molecule has 2 N–H and O–H groups in total. The lowest BCUT2D eigenvalue weighted by Crippen LogP contribution is -2.32. The maximum Gasteiger partial charge on any atom is 0.335 e. The van der Waals surface area contributed by atoms with E-state index in [1.807, 2.05) is 0 Å².